The van der Waals surface area contributed by atoms with Crippen LogP contribution >= 0.6 is 0 Å². The van der Waals surface area contributed by atoms with Crippen LogP contribution < -0.4 is 0 Å². The van der Waals surface area contributed by atoms with Gasteiger partial charge in [0.15, 0.2) is 0 Å². The molecule has 0 bridgehead atoms. The Kier molecular flexibility index (Phi) is 10.7. The summed E-state index contributed by atoms with van der Waals surface area (Å²) in [5.41, 5.74) is 16.4. The fourth-order valence-corrected chi connectivity index (χ4v) is 7.31. The van der Waals surface area contributed by atoms with E-state index in [0.29, 0.717) is 0 Å². The molecular weight excluding hydrogens is 641 g/mol. The normalized spacial score (nSPS) is 12.7. The maximum atomic E-state index is 5.57. The van der Waals surface area contributed by atoms with Crippen LogP contribution in [0.1, 0.15) is 53.9 Å². The first kappa shape index (κ1) is 35.3. The highest BCUT2D eigenvalue weighted by molar-refractivity contribution is 5.99. The summed E-state index contributed by atoms with van der Waals surface area (Å²) in [6, 6.07) is 62.8. The van der Waals surface area contributed by atoms with Crippen LogP contribution in [0.3, 0.4) is 0 Å². The lowest BCUT2D eigenvalue weighted by atomic mass is 9.86. The van der Waals surface area contributed by atoms with Gasteiger partial charge in [0.2, 0.25) is 0 Å². The van der Waals surface area contributed by atoms with Crippen molar-refractivity contribution in [3.05, 3.63) is 210 Å². The maximum absolute atomic E-state index is 5.57. The van der Waals surface area contributed by atoms with Crippen molar-refractivity contribution in [2.75, 3.05) is 7.05 Å². The lowest BCUT2D eigenvalue weighted by molar-refractivity contribution is 0.191. The van der Waals surface area contributed by atoms with Crippen LogP contribution in [0.4, 0.5) is 0 Å². The highest BCUT2D eigenvalue weighted by Crippen LogP contribution is 2.41. The zero-order chi connectivity index (χ0) is 36.7. The Hall–Kier alpha value is -6.09. The molecule has 2 atom stereocenters. The van der Waals surface area contributed by atoms with Crippen LogP contribution in [0.15, 0.2) is 187 Å². The van der Waals surface area contributed by atoms with E-state index in [1.54, 1.807) is 0 Å². The summed E-state index contributed by atoms with van der Waals surface area (Å²) >= 11 is 0. The quantitative estimate of drug-likeness (QED) is 0.124. The molecule has 0 aliphatic rings. The molecule has 0 aliphatic carbocycles. The predicted octanol–water partition coefficient (Wildman–Crippen LogP) is 13.5. The van der Waals surface area contributed by atoms with E-state index in [9.17, 15) is 0 Å². The molecule has 2 heteroatoms. The summed E-state index contributed by atoms with van der Waals surface area (Å²) < 4.78 is 0. The van der Waals surface area contributed by atoms with Gasteiger partial charge in [-0.2, -0.15) is 0 Å². The van der Waals surface area contributed by atoms with Gasteiger partial charge in [0.05, 0.1) is 0 Å². The zero-order valence-electron chi connectivity index (χ0n) is 31.1. The number of hydrogen-bond donors (Lipinski definition) is 0. The summed E-state index contributed by atoms with van der Waals surface area (Å²) in [6.07, 6.45) is 1.73. The fraction of sp³-hybridized carbons (Fsp3) is 0.118. The molecule has 2 unspecified atom stereocenters. The van der Waals surface area contributed by atoms with E-state index in [-0.39, 0.29) is 12.2 Å². The van der Waals surface area contributed by atoms with Crippen molar-refractivity contribution in [3.63, 3.8) is 0 Å². The van der Waals surface area contributed by atoms with Crippen molar-refractivity contribution in [3.8, 4) is 44.5 Å². The standard InChI is InChI=1S/C51H46N2/c1-6-39-24-16-27-49(46-22-14-9-15-23-46)50(39)47-25-17-26-48(36(47)2)51(52-37(3)40-28-32-44(33-29-40)42-18-10-7-11-19-42)53(5)38(4)41-30-34-45(35-31-41)43-20-12-8-13-21-43/h6-35,38,51H,1H2,2-5H3/b52-37+. The SMILES string of the molecule is C=Cc1cccc(-c2ccccc2)c1-c1cccc(C(/N=C(\C)c2ccc(-c3ccccc3)cc2)N(C)C(C)c2ccc(-c3ccccc3)cc2)c1C. The molecule has 7 aromatic carbocycles. The van der Waals surface area contributed by atoms with Crippen molar-refractivity contribution < 1.29 is 0 Å². The van der Waals surface area contributed by atoms with Crippen molar-refractivity contribution in [1.82, 2.24) is 4.90 Å². The highest BCUT2D eigenvalue weighted by atomic mass is 15.2. The Morgan fingerprint density at radius 1 is 0.566 bits per heavy atom. The van der Waals surface area contributed by atoms with Crippen LogP contribution in [0, 0.1) is 6.92 Å². The van der Waals surface area contributed by atoms with E-state index < -0.39 is 0 Å². The number of rotatable bonds is 11. The number of benzene rings is 7. The monoisotopic (exact) mass is 686 g/mol. The van der Waals surface area contributed by atoms with Gasteiger partial charge in [-0.25, -0.2) is 0 Å². The summed E-state index contributed by atoms with van der Waals surface area (Å²) in [5.74, 6) is 0. The molecule has 0 heterocycles. The Morgan fingerprint density at radius 2 is 1.06 bits per heavy atom. The zero-order valence-corrected chi connectivity index (χ0v) is 31.1. The third-order valence-corrected chi connectivity index (χ3v) is 10.5. The molecule has 0 fully saturated rings. The molecule has 0 aliphatic heterocycles. The molecule has 53 heavy (non-hydrogen) atoms. The van der Waals surface area contributed by atoms with Gasteiger partial charge in [-0.3, -0.25) is 9.89 Å². The second-order valence-corrected chi connectivity index (χ2v) is 13.7. The largest absolute Gasteiger partial charge is 0.274 e. The second kappa shape index (κ2) is 16.1. The van der Waals surface area contributed by atoms with Gasteiger partial charge < -0.3 is 0 Å². The van der Waals surface area contributed by atoms with Gasteiger partial charge in [-0.1, -0.05) is 189 Å². The maximum Gasteiger partial charge on any atom is 0.128 e. The first-order chi connectivity index (χ1) is 25.9. The molecule has 7 rings (SSSR count). The molecule has 2 nitrogen and oxygen atoms in total. The van der Waals surface area contributed by atoms with E-state index in [1.165, 1.54) is 61.2 Å². The summed E-state index contributed by atoms with van der Waals surface area (Å²) in [5, 5.41) is 0. The van der Waals surface area contributed by atoms with Crippen molar-refractivity contribution in [2.45, 2.75) is 33.0 Å². The number of nitrogens with zero attached hydrogens (tertiary/aromatic N) is 2. The van der Waals surface area contributed by atoms with E-state index in [2.05, 4.69) is 215 Å². The molecule has 260 valence electrons. The van der Waals surface area contributed by atoms with Crippen LogP contribution in [0.25, 0.3) is 50.6 Å². The van der Waals surface area contributed by atoms with Crippen LogP contribution in [0.5, 0.6) is 0 Å². The number of aliphatic imine (C=N–C) groups is 1. The second-order valence-electron chi connectivity index (χ2n) is 13.7. The molecule has 0 N–H and O–H groups in total. The average molecular weight is 687 g/mol. The van der Waals surface area contributed by atoms with Gasteiger partial charge in [0.1, 0.15) is 6.17 Å². The first-order valence-corrected chi connectivity index (χ1v) is 18.4. The Labute approximate surface area is 315 Å². The van der Waals surface area contributed by atoms with Crippen molar-refractivity contribution in [2.24, 2.45) is 4.99 Å². The predicted molar refractivity (Wildman–Crippen MR) is 227 cm³/mol. The smallest absolute Gasteiger partial charge is 0.128 e. The summed E-state index contributed by atoms with van der Waals surface area (Å²) in [4.78, 5) is 7.98. The van der Waals surface area contributed by atoms with E-state index >= 15 is 0 Å². The minimum Gasteiger partial charge on any atom is -0.274 e. The third-order valence-electron chi connectivity index (χ3n) is 10.5. The Balaban J connectivity index is 1.32. The van der Waals surface area contributed by atoms with Gasteiger partial charge in [0, 0.05) is 11.8 Å². The highest BCUT2D eigenvalue weighted by Gasteiger charge is 2.26. The average Bonchev–Trinajstić information content (AvgIpc) is 3.23. The summed E-state index contributed by atoms with van der Waals surface area (Å²) in [6.45, 7) is 10.9. The molecule has 0 saturated carbocycles. The first-order valence-electron chi connectivity index (χ1n) is 18.4. The minimum absolute atomic E-state index is 0.0882. The minimum atomic E-state index is -0.247. The molecule has 0 saturated heterocycles. The van der Waals surface area contributed by atoms with Crippen LogP contribution in [0.2, 0.25) is 0 Å². The lowest BCUT2D eigenvalue weighted by Gasteiger charge is -2.33. The summed E-state index contributed by atoms with van der Waals surface area (Å²) in [7, 11) is 2.20. The Morgan fingerprint density at radius 3 is 1.62 bits per heavy atom. The van der Waals surface area contributed by atoms with Gasteiger partial charge >= 0.3 is 0 Å². The van der Waals surface area contributed by atoms with E-state index in [1.807, 2.05) is 6.08 Å². The molecule has 0 amide bonds. The van der Waals surface area contributed by atoms with Crippen molar-refractivity contribution in [1.29, 1.82) is 0 Å². The fourth-order valence-electron chi connectivity index (χ4n) is 7.31. The molecule has 0 spiro atoms. The molecular formula is C51H46N2. The van der Waals surface area contributed by atoms with Crippen LogP contribution in [-0.2, 0) is 0 Å². The van der Waals surface area contributed by atoms with Gasteiger partial charge in [-0.15, -0.1) is 0 Å². The number of hydrogen-bond acceptors (Lipinski definition) is 2. The third kappa shape index (κ3) is 7.60. The molecule has 7 aromatic rings. The van der Waals surface area contributed by atoms with Gasteiger partial charge in [0.25, 0.3) is 0 Å². The van der Waals surface area contributed by atoms with E-state index in [0.717, 1.165) is 16.8 Å². The van der Waals surface area contributed by atoms with Crippen LogP contribution in [-0.4, -0.2) is 17.7 Å². The van der Waals surface area contributed by atoms with Crippen molar-refractivity contribution >= 4 is 11.8 Å². The van der Waals surface area contributed by atoms with Gasteiger partial charge in [-0.05, 0) is 100 Å². The molecule has 0 radical (unpaired) electrons. The molecule has 0 aromatic heterocycles. The van der Waals surface area contributed by atoms with E-state index in [4.69, 9.17) is 4.99 Å². The topological polar surface area (TPSA) is 15.6 Å². The lowest BCUT2D eigenvalue weighted by Crippen LogP contribution is -2.28. The Bertz CT molecular complexity index is 2320.